The number of fused-ring (bicyclic) bond motifs is 1. The van der Waals surface area contributed by atoms with E-state index in [2.05, 4.69) is 16.4 Å². The molecule has 0 radical (unpaired) electrons. The standard InChI is InChI=1S/C30H28Cl2N6O2/c31-21-11-13-26(38(34)17-28(32)33)23(15-21)25-16-29(39)37(18-35-25)27(14-19-6-2-1-3-7-19)30(40)36-24-12-10-20-8-4-5-9-22(20)24/h1-9,11,13,15-18,24,27H,10,12,14,33-34H2,(H,36,40)/b28-17-. The number of hydrazine groups is 1. The minimum Gasteiger partial charge on any atom is -0.388 e. The summed E-state index contributed by atoms with van der Waals surface area (Å²) in [5.41, 5.74) is 9.76. The summed E-state index contributed by atoms with van der Waals surface area (Å²) in [5, 5.41) is 4.82. The Hall–Kier alpha value is -4.11. The first kappa shape index (κ1) is 27.5. The zero-order valence-corrected chi connectivity index (χ0v) is 23.0. The lowest BCUT2D eigenvalue weighted by molar-refractivity contribution is -0.125. The lowest BCUT2D eigenvalue weighted by Gasteiger charge is -2.23. The Balaban J connectivity index is 1.50. The number of nitrogens with zero attached hydrogens (tertiary/aromatic N) is 3. The van der Waals surface area contributed by atoms with Gasteiger partial charge in [-0.25, -0.2) is 10.8 Å². The first-order chi connectivity index (χ1) is 19.3. The molecule has 5 N–H and O–H groups in total. The highest BCUT2D eigenvalue weighted by molar-refractivity contribution is 6.31. The van der Waals surface area contributed by atoms with E-state index in [1.807, 2.05) is 48.5 Å². The molecule has 2 atom stereocenters. The van der Waals surface area contributed by atoms with E-state index in [1.165, 1.54) is 33.7 Å². The molecule has 5 rings (SSSR count). The van der Waals surface area contributed by atoms with Crippen LogP contribution in [0.2, 0.25) is 5.02 Å². The molecule has 204 valence electrons. The van der Waals surface area contributed by atoms with Gasteiger partial charge in [0.25, 0.3) is 5.56 Å². The molecule has 0 aliphatic heterocycles. The molecule has 4 aromatic rings. The third-order valence-corrected chi connectivity index (χ3v) is 7.30. The molecule has 3 aromatic carbocycles. The summed E-state index contributed by atoms with van der Waals surface area (Å²) in [5.74, 6) is 5.87. The van der Waals surface area contributed by atoms with Crippen LogP contribution in [-0.2, 0) is 17.6 Å². The molecule has 40 heavy (non-hydrogen) atoms. The fourth-order valence-corrected chi connectivity index (χ4v) is 5.34. The second-order valence-electron chi connectivity index (χ2n) is 9.61. The predicted molar refractivity (Wildman–Crippen MR) is 159 cm³/mol. The molecule has 1 amide bonds. The fraction of sp³-hybridized carbons (Fsp3) is 0.167. The van der Waals surface area contributed by atoms with Crippen LogP contribution in [0.25, 0.3) is 11.3 Å². The number of nitrogens with one attached hydrogen (secondary N) is 1. The first-order valence-corrected chi connectivity index (χ1v) is 13.5. The van der Waals surface area contributed by atoms with Crippen molar-refractivity contribution in [2.24, 2.45) is 11.6 Å². The van der Waals surface area contributed by atoms with Gasteiger partial charge in [-0.15, -0.1) is 0 Å². The molecule has 8 nitrogen and oxygen atoms in total. The summed E-state index contributed by atoms with van der Waals surface area (Å²) in [7, 11) is 0. The van der Waals surface area contributed by atoms with Crippen molar-refractivity contribution in [1.29, 1.82) is 0 Å². The number of amides is 1. The fourth-order valence-electron chi connectivity index (χ4n) is 5.06. The zero-order chi connectivity index (χ0) is 28.2. The van der Waals surface area contributed by atoms with Crippen LogP contribution in [0.1, 0.15) is 35.2 Å². The number of hydrogen-bond donors (Lipinski definition) is 3. The molecular weight excluding hydrogens is 547 g/mol. The monoisotopic (exact) mass is 574 g/mol. The first-order valence-electron chi connectivity index (χ1n) is 12.8. The number of rotatable bonds is 8. The van der Waals surface area contributed by atoms with Gasteiger partial charge in [-0.3, -0.25) is 19.2 Å². The normalized spacial score (nSPS) is 15.4. The number of hydrogen-bond acceptors (Lipinski definition) is 6. The molecule has 0 saturated carbocycles. The Morgan fingerprint density at radius 1 is 1.12 bits per heavy atom. The Kier molecular flexibility index (Phi) is 8.21. The summed E-state index contributed by atoms with van der Waals surface area (Å²) < 4.78 is 1.37. The van der Waals surface area contributed by atoms with Crippen molar-refractivity contribution < 1.29 is 4.79 Å². The summed E-state index contributed by atoms with van der Waals surface area (Å²) in [6.07, 6.45) is 4.75. The van der Waals surface area contributed by atoms with Crippen LogP contribution in [0.15, 0.2) is 101 Å². The molecular formula is C30H28Cl2N6O2. The number of aryl methyl sites for hydroxylation is 1. The van der Waals surface area contributed by atoms with Crippen LogP contribution >= 0.6 is 23.2 Å². The molecule has 10 heteroatoms. The highest BCUT2D eigenvalue weighted by atomic mass is 35.5. The summed E-state index contributed by atoms with van der Waals surface area (Å²) in [6.45, 7) is 0. The highest BCUT2D eigenvalue weighted by Gasteiger charge is 2.29. The lowest BCUT2D eigenvalue weighted by Crippen LogP contribution is -2.39. The van der Waals surface area contributed by atoms with Gasteiger partial charge >= 0.3 is 0 Å². The van der Waals surface area contributed by atoms with Gasteiger partial charge in [-0.05, 0) is 47.7 Å². The number of anilines is 1. The Bertz CT molecular complexity index is 1620. The number of halogens is 2. The van der Waals surface area contributed by atoms with E-state index in [1.54, 1.807) is 18.2 Å². The average molecular weight is 576 g/mol. The summed E-state index contributed by atoms with van der Waals surface area (Å²) in [4.78, 5) is 31.8. The smallest absolute Gasteiger partial charge is 0.254 e. The van der Waals surface area contributed by atoms with E-state index in [0.717, 1.165) is 24.0 Å². The molecule has 0 bridgehead atoms. The van der Waals surface area contributed by atoms with E-state index in [0.29, 0.717) is 28.4 Å². The molecule has 2 unspecified atom stereocenters. The average Bonchev–Trinajstić information content (AvgIpc) is 3.34. The molecule has 0 saturated heterocycles. The highest BCUT2D eigenvalue weighted by Crippen LogP contribution is 2.33. The van der Waals surface area contributed by atoms with E-state index >= 15 is 0 Å². The topological polar surface area (TPSA) is 119 Å². The van der Waals surface area contributed by atoms with E-state index in [-0.39, 0.29) is 17.1 Å². The maximum Gasteiger partial charge on any atom is 0.254 e. The SMILES string of the molecule is N/C(Cl)=C\N(N)c1ccc(Cl)cc1-c1cc(=O)n(C(Cc2ccccc2)C(=O)NC2CCc3ccccc32)cn1. The van der Waals surface area contributed by atoms with Gasteiger partial charge in [0.1, 0.15) is 11.2 Å². The van der Waals surface area contributed by atoms with Gasteiger partial charge in [0, 0.05) is 23.1 Å². The minimum absolute atomic E-state index is 0.0218. The second-order valence-corrected chi connectivity index (χ2v) is 10.5. The molecule has 1 heterocycles. The molecule has 0 spiro atoms. The van der Waals surface area contributed by atoms with Crippen molar-refractivity contribution in [1.82, 2.24) is 14.9 Å². The third kappa shape index (κ3) is 6.04. The Labute approximate surface area is 241 Å². The zero-order valence-electron chi connectivity index (χ0n) is 21.5. The third-order valence-electron chi connectivity index (χ3n) is 6.97. The number of carbonyl (C=O) groups is 1. The van der Waals surface area contributed by atoms with Gasteiger partial charge in [-0.1, -0.05) is 77.8 Å². The largest absolute Gasteiger partial charge is 0.388 e. The number of aromatic nitrogens is 2. The molecule has 1 aliphatic rings. The van der Waals surface area contributed by atoms with Crippen LogP contribution < -0.4 is 27.5 Å². The Morgan fingerprint density at radius 2 is 1.88 bits per heavy atom. The van der Waals surface area contributed by atoms with Gasteiger partial charge in [0.05, 0.1) is 30.0 Å². The van der Waals surface area contributed by atoms with Crippen LogP contribution in [-0.4, -0.2) is 15.5 Å². The van der Waals surface area contributed by atoms with Crippen molar-refractivity contribution in [3.05, 3.63) is 129 Å². The van der Waals surface area contributed by atoms with Gasteiger partial charge in [0.15, 0.2) is 0 Å². The van der Waals surface area contributed by atoms with Crippen molar-refractivity contribution in [2.75, 3.05) is 5.01 Å². The number of nitrogens with two attached hydrogens (primary N) is 2. The van der Waals surface area contributed by atoms with Crippen molar-refractivity contribution in [3.63, 3.8) is 0 Å². The van der Waals surface area contributed by atoms with E-state index in [9.17, 15) is 9.59 Å². The molecule has 0 fully saturated rings. The predicted octanol–water partition coefficient (Wildman–Crippen LogP) is 4.83. The lowest BCUT2D eigenvalue weighted by atomic mass is 10.0. The number of benzene rings is 3. The maximum absolute atomic E-state index is 13.7. The molecule has 1 aliphatic carbocycles. The Morgan fingerprint density at radius 3 is 2.62 bits per heavy atom. The van der Waals surface area contributed by atoms with Crippen molar-refractivity contribution >= 4 is 34.8 Å². The minimum atomic E-state index is -0.812. The van der Waals surface area contributed by atoms with Crippen molar-refractivity contribution in [3.8, 4) is 11.3 Å². The van der Waals surface area contributed by atoms with Crippen LogP contribution in [0.4, 0.5) is 5.69 Å². The maximum atomic E-state index is 13.7. The van der Waals surface area contributed by atoms with Gasteiger partial charge in [0.2, 0.25) is 5.91 Å². The molecule has 1 aromatic heterocycles. The van der Waals surface area contributed by atoms with E-state index in [4.69, 9.17) is 34.8 Å². The van der Waals surface area contributed by atoms with E-state index < -0.39 is 11.6 Å². The number of carbonyl (C=O) groups excluding carboxylic acids is 1. The summed E-state index contributed by atoms with van der Waals surface area (Å²) in [6, 6.07) is 23.1. The van der Waals surface area contributed by atoms with Gasteiger partial charge in [-0.2, -0.15) is 0 Å². The van der Waals surface area contributed by atoms with Crippen LogP contribution in [0, 0.1) is 0 Å². The van der Waals surface area contributed by atoms with Crippen molar-refractivity contribution in [2.45, 2.75) is 31.3 Å². The summed E-state index contributed by atoms with van der Waals surface area (Å²) >= 11 is 12.1. The quantitative estimate of drug-likeness (QED) is 0.157. The van der Waals surface area contributed by atoms with Crippen LogP contribution in [0.3, 0.4) is 0 Å². The van der Waals surface area contributed by atoms with Crippen LogP contribution in [0.5, 0.6) is 0 Å². The van der Waals surface area contributed by atoms with Gasteiger partial charge < -0.3 is 11.1 Å². The second kappa shape index (κ2) is 12.0.